The quantitative estimate of drug-likeness (QED) is 0.809. The number of carbonyl (C=O) groups excluding carboxylic acids is 1. The summed E-state index contributed by atoms with van der Waals surface area (Å²) in [4.78, 5) is 11.1. The van der Waals surface area contributed by atoms with E-state index >= 15 is 0 Å². The van der Waals surface area contributed by atoms with Gasteiger partial charge in [-0.1, -0.05) is 17.7 Å². The number of hydrogen-bond acceptors (Lipinski definition) is 3. The normalized spacial score (nSPS) is 12.0. The van der Waals surface area contributed by atoms with E-state index < -0.39 is 0 Å². The first-order valence-corrected chi connectivity index (χ1v) is 6.17. The minimum atomic E-state index is 0.0471. The first-order valence-electron chi connectivity index (χ1n) is 6.17. The van der Waals surface area contributed by atoms with Crippen molar-refractivity contribution in [3.8, 4) is 5.75 Å². The van der Waals surface area contributed by atoms with Crippen molar-refractivity contribution in [1.82, 2.24) is 10.6 Å². The van der Waals surface area contributed by atoms with Gasteiger partial charge < -0.3 is 15.4 Å². The highest BCUT2D eigenvalue weighted by atomic mass is 16.5. The van der Waals surface area contributed by atoms with Gasteiger partial charge in [-0.3, -0.25) is 4.79 Å². The van der Waals surface area contributed by atoms with Gasteiger partial charge in [0.05, 0.1) is 7.11 Å². The zero-order valence-electron chi connectivity index (χ0n) is 11.5. The fourth-order valence-electron chi connectivity index (χ4n) is 1.83. The first-order chi connectivity index (χ1) is 8.58. The zero-order chi connectivity index (χ0) is 13.5. The summed E-state index contributed by atoms with van der Waals surface area (Å²) in [6.45, 7) is 4.78. The van der Waals surface area contributed by atoms with E-state index in [-0.39, 0.29) is 11.9 Å². The van der Waals surface area contributed by atoms with Crippen molar-refractivity contribution in [1.29, 1.82) is 0 Å². The van der Waals surface area contributed by atoms with Crippen LogP contribution >= 0.6 is 0 Å². The average molecular weight is 250 g/mol. The van der Waals surface area contributed by atoms with Crippen LogP contribution in [0.1, 0.15) is 30.5 Å². The van der Waals surface area contributed by atoms with Gasteiger partial charge in [-0.15, -0.1) is 0 Å². The van der Waals surface area contributed by atoms with Gasteiger partial charge >= 0.3 is 0 Å². The van der Waals surface area contributed by atoms with Crippen molar-refractivity contribution >= 4 is 5.91 Å². The number of methoxy groups -OCH3 is 1. The van der Waals surface area contributed by atoms with Gasteiger partial charge in [0.25, 0.3) is 0 Å². The van der Waals surface area contributed by atoms with Crippen LogP contribution in [0.2, 0.25) is 0 Å². The van der Waals surface area contributed by atoms with Gasteiger partial charge in [0, 0.05) is 31.6 Å². The Balaban J connectivity index is 2.62. The van der Waals surface area contributed by atoms with Gasteiger partial charge in [-0.05, 0) is 19.9 Å². The topological polar surface area (TPSA) is 50.4 Å². The number of carbonyl (C=O) groups is 1. The zero-order valence-corrected chi connectivity index (χ0v) is 11.5. The highest BCUT2D eigenvalue weighted by molar-refractivity contribution is 5.75. The van der Waals surface area contributed by atoms with Crippen LogP contribution in [0.5, 0.6) is 5.75 Å². The minimum Gasteiger partial charge on any atom is -0.496 e. The van der Waals surface area contributed by atoms with Gasteiger partial charge in [0.1, 0.15) is 5.75 Å². The Morgan fingerprint density at radius 1 is 1.44 bits per heavy atom. The Hall–Kier alpha value is -1.55. The third kappa shape index (κ3) is 4.04. The SMILES string of the molecule is CNC(=O)CCNC(C)c1cc(C)ccc1OC. The number of benzene rings is 1. The molecule has 0 radical (unpaired) electrons. The molecule has 4 nitrogen and oxygen atoms in total. The standard InChI is InChI=1S/C14H22N2O2/c1-10-5-6-13(18-4)12(9-10)11(2)16-8-7-14(17)15-3/h5-6,9,11,16H,7-8H2,1-4H3,(H,15,17). The molecule has 4 heteroatoms. The van der Waals surface area contributed by atoms with Crippen molar-refractivity contribution in [2.75, 3.05) is 20.7 Å². The van der Waals surface area contributed by atoms with E-state index in [9.17, 15) is 4.79 Å². The second-order valence-electron chi connectivity index (χ2n) is 4.34. The van der Waals surface area contributed by atoms with E-state index in [0.717, 1.165) is 11.3 Å². The molecule has 0 saturated heterocycles. The predicted molar refractivity (Wildman–Crippen MR) is 72.8 cm³/mol. The summed E-state index contributed by atoms with van der Waals surface area (Å²) in [6, 6.07) is 6.27. The Morgan fingerprint density at radius 3 is 2.78 bits per heavy atom. The molecule has 1 unspecified atom stereocenters. The van der Waals surface area contributed by atoms with Gasteiger partial charge in [-0.2, -0.15) is 0 Å². The summed E-state index contributed by atoms with van der Waals surface area (Å²) in [6.07, 6.45) is 0.481. The van der Waals surface area contributed by atoms with Crippen LogP contribution in [0, 0.1) is 6.92 Å². The molecule has 0 fully saturated rings. The van der Waals surface area contributed by atoms with Gasteiger partial charge in [0.15, 0.2) is 0 Å². The van der Waals surface area contributed by atoms with Crippen LogP contribution in [-0.4, -0.2) is 26.6 Å². The molecule has 0 saturated carbocycles. The monoisotopic (exact) mass is 250 g/mol. The molecule has 0 heterocycles. The highest BCUT2D eigenvalue weighted by Gasteiger charge is 2.11. The van der Waals surface area contributed by atoms with E-state index in [1.165, 1.54) is 5.56 Å². The molecule has 0 aliphatic carbocycles. The molecular weight excluding hydrogens is 228 g/mol. The number of ether oxygens (including phenoxy) is 1. The Morgan fingerprint density at radius 2 is 2.17 bits per heavy atom. The summed E-state index contributed by atoms with van der Waals surface area (Å²) in [5.41, 5.74) is 2.32. The van der Waals surface area contributed by atoms with Crippen molar-refractivity contribution in [3.63, 3.8) is 0 Å². The average Bonchev–Trinajstić information content (AvgIpc) is 2.38. The van der Waals surface area contributed by atoms with Gasteiger partial charge in [-0.25, -0.2) is 0 Å². The lowest BCUT2D eigenvalue weighted by atomic mass is 10.0. The molecule has 1 atom stereocenters. The lowest BCUT2D eigenvalue weighted by molar-refractivity contribution is -0.120. The van der Waals surface area contributed by atoms with E-state index in [4.69, 9.17) is 4.74 Å². The number of rotatable bonds is 6. The molecule has 18 heavy (non-hydrogen) atoms. The highest BCUT2D eigenvalue weighted by Crippen LogP contribution is 2.25. The molecule has 0 spiro atoms. The molecule has 0 aliphatic rings. The molecule has 1 aromatic carbocycles. The summed E-state index contributed by atoms with van der Waals surface area (Å²) in [5.74, 6) is 0.923. The fourth-order valence-corrected chi connectivity index (χ4v) is 1.83. The third-order valence-corrected chi connectivity index (χ3v) is 2.93. The van der Waals surface area contributed by atoms with Crippen LogP contribution in [0.3, 0.4) is 0 Å². The summed E-state index contributed by atoms with van der Waals surface area (Å²) >= 11 is 0. The second kappa shape index (κ2) is 7.01. The number of aryl methyl sites for hydroxylation is 1. The largest absolute Gasteiger partial charge is 0.496 e. The van der Waals surface area contributed by atoms with Crippen molar-refractivity contribution in [2.24, 2.45) is 0 Å². The number of hydrogen-bond donors (Lipinski definition) is 2. The Labute approximate surface area is 109 Å². The lowest BCUT2D eigenvalue weighted by Gasteiger charge is -2.17. The Bertz CT molecular complexity index is 405. The first kappa shape index (κ1) is 14.5. The molecule has 100 valence electrons. The lowest BCUT2D eigenvalue weighted by Crippen LogP contribution is -2.26. The van der Waals surface area contributed by atoms with Crippen molar-refractivity contribution in [2.45, 2.75) is 26.3 Å². The predicted octanol–water partition coefficient (Wildman–Crippen LogP) is 1.79. The van der Waals surface area contributed by atoms with E-state index in [2.05, 4.69) is 30.5 Å². The summed E-state index contributed by atoms with van der Waals surface area (Å²) < 4.78 is 5.35. The van der Waals surface area contributed by atoms with E-state index in [1.807, 2.05) is 12.1 Å². The van der Waals surface area contributed by atoms with Crippen LogP contribution < -0.4 is 15.4 Å². The van der Waals surface area contributed by atoms with Crippen LogP contribution in [0.4, 0.5) is 0 Å². The molecule has 0 bridgehead atoms. The second-order valence-corrected chi connectivity index (χ2v) is 4.34. The molecule has 0 aromatic heterocycles. The Kier molecular flexibility index (Phi) is 5.65. The molecular formula is C14H22N2O2. The minimum absolute atomic E-state index is 0.0471. The smallest absolute Gasteiger partial charge is 0.221 e. The van der Waals surface area contributed by atoms with Crippen LogP contribution in [0.15, 0.2) is 18.2 Å². The van der Waals surface area contributed by atoms with Gasteiger partial charge in [0.2, 0.25) is 5.91 Å². The van der Waals surface area contributed by atoms with Crippen molar-refractivity contribution in [3.05, 3.63) is 29.3 Å². The van der Waals surface area contributed by atoms with Crippen LogP contribution in [0.25, 0.3) is 0 Å². The maximum absolute atomic E-state index is 11.1. The maximum Gasteiger partial charge on any atom is 0.221 e. The summed E-state index contributed by atoms with van der Waals surface area (Å²) in [7, 11) is 3.32. The third-order valence-electron chi connectivity index (χ3n) is 2.93. The molecule has 2 N–H and O–H groups in total. The molecule has 1 amide bonds. The van der Waals surface area contributed by atoms with E-state index in [1.54, 1.807) is 14.2 Å². The fraction of sp³-hybridized carbons (Fsp3) is 0.500. The van der Waals surface area contributed by atoms with Crippen LogP contribution in [-0.2, 0) is 4.79 Å². The molecule has 1 rings (SSSR count). The maximum atomic E-state index is 11.1. The number of amides is 1. The molecule has 0 aliphatic heterocycles. The molecule has 1 aromatic rings. The van der Waals surface area contributed by atoms with Crippen molar-refractivity contribution < 1.29 is 9.53 Å². The number of nitrogens with one attached hydrogen (secondary N) is 2. The van der Waals surface area contributed by atoms with E-state index in [0.29, 0.717) is 13.0 Å². The summed E-state index contributed by atoms with van der Waals surface area (Å²) in [5, 5.41) is 5.93.